The third-order valence-electron chi connectivity index (χ3n) is 1.98. The van der Waals surface area contributed by atoms with Crippen LogP contribution in [0.1, 0.15) is 0 Å². The van der Waals surface area contributed by atoms with Crippen molar-refractivity contribution in [2.45, 2.75) is 0 Å². The molecule has 0 fully saturated rings. The molecule has 76 valence electrons. The van der Waals surface area contributed by atoms with Gasteiger partial charge in [-0.2, -0.15) is 0 Å². The molecule has 1 aromatic carbocycles. The van der Waals surface area contributed by atoms with Gasteiger partial charge in [0.15, 0.2) is 0 Å². The van der Waals surface area contributed by atoms with Gasteiger partial charge in [0.2, 0.25) is 0 Å². The van der Waals surface area contributed by atoms with Crippen LogP contribution >= 0.6 is 34.8 Å². The first-order chi connectivity index (χ1) is 7.18. The Labute approximate surface area is 103 Å². The van der Waals surface area contributed by atoms with Crippen molar-refractivity contribution in [2.24, 2.45) is 0 Å². The molecule has 4 heteroatoms. The number of hydrogen-bond donors (Lipinski definition) is 0. The van der Waals surface area contributed by atoms with Gasteiger partial charge in [-0.05, 0) is 29.8 Å². The smallest absolute Gasteiger partial charge is 0.129 e. The molecule has 0 atom stereocenters. The Balaban J connectivity index is 2.63. The summed E-state index contributed by atoms with van der Waals surface area (Å²) in [4.78, 5) is 3.90. The average molecular weight is 259 g/mol. The zero-order valence-corrected chi connectivity index (χ0v) is 9.81. The van der Waals surface area contributed by atoms with E-state index in [1.165, 1.54) is 0 Å². The van der Waals surface area contributed by atoms with Crippen molar-refractivity contribution < 1.29 is 0 Å². The number of aromatic nitrogens is 1. The third-order valence-corrected chi connectivity index (χ3v) is 2.81. The molecule has 0 saturated carbocycles. The van der Waals surface area contributed by atoms with Gasteiger partial charge in [-0.3, -0.25) is 0 Å². The van der Waals surface area contributed by atoms with E-state index < -0.39 is 0 Å². The van der Waals surface area contributed by atoms with Gasteiger partial charge in [0.05, 0.1) is 0 Å². The minimum atomic E-state index is 0.420. The fraction of sp³-hybridized carbons (Fsp3) is 0. The van der Waals surface area contributed by atoms with Crippen molar-refractivity contribution >= 4 is 34.8 Å². The lowest BCUT2D eigenvalue weighted by Gasteiger charge is -2.06. The molecular formula is C11H6Cl3N. The monoisotopic (exact) mass is 257 g/mol. The van der Waals surface area contributed by atoms with Gasteiger partial charge in [-0.15, -0.1) is 0 Å². The van der Waals surface area contributed by atoms with Gasteiger partial charge >= 0.3 is 0 Å². The predicted molar refractivity (Wildman–Crippen MR) is 64.7 cm³/mol. The first-order valence-corrected chi connectivity index (χ1v) is 5.38. The lowest BCUT2D eigenvalue weighted by Crippen LogP contribution is -1.83. The topological polar surface area (TPSA) is 12.9 Å². The summed E-state index contributed by atoms with van der Waals surface area (Å²) in [6, 6.07) is 8.93. The summed E-state index contributed by atoms with van der Waals surface area (Å²) in [5, 5.41) is 1.62. The Morgan fingerprint density at radius 3 is 2.20 bits per heavy atom. The van der Waals surface area contributed by atoms with Crippen LogP contribution in [0.2, 0.25) is 15.2 Å². The normalized spacial score (nSPS) is 10.3. The average Bonchev–Trinajstić information content (AvgIpc) is 2.17. The molecule has 1 aromatic heterocycles. The molecule has 0 N–H and O–H groups in total. The standard InChI is InChI=1S/C11H6Cl3N/c12-8-2-1-3-9(13)11(8)7-4-5-15-10(14)6-7/h1-6H. The maximum Gasteiger partial charge on any atom is 0.129 e. The predicted octanol–water partition coefficient (Wildman–Crippen LogP) is 4.71. The molecule has 0 bridgehead atoms. The van der Waals surface area contributed by atoms with Crippen molar-refractivity contribution in [1.29, 1.82) is 0 Å². The second kappa shape index (κ2) is 4.40. The minimum Gasteiger partial charge on any atom is -0.245 e. The molecule has 2 aromatic rings. The largest absolute Gasteiger partial charge is 0.245 e. The van der Waals surface area contributed by atoms with Crippen LogP contribution in [0.4, 0.5) is 0 Å². The molecule has 0 aliphatic rings. The highest BCUT2D eigenvalue weighted by Gasteiger charge is 2.08. The van der Waals surface area contributed by atoms with Crippen molar-refractivity contribution in [2.75, 3.05) is 0 Å². The van der Waals surface area contributed by atoms with Crippen LogP contribution < -0.4 is 0 Å². The molecule has 1 heterocycles. The summed E-state index contributed by atoms with van der Waals surface area (Å²) in [7, 11) is 0. The lowest BCUT2D eigenvalue weighted by atomic mass is 10.1. The molecular weight excluding hydrogens is 252 g/mol. The van der Waals surface area contributed by atoms with Crippen molar-refractivity contribution in [3.05, 3.63) is 51.7 Å². The Bertz CT molecular complexity index is 477. The Kier molecular flexibility index (Phi) is 3.15. The maximum atomic E-state index is 6.07. The second-order valence-electron chi connectivity index (χ2n) is 2.96. The summed E-state index contributed by atoms with van der Waals surface area (Å²) in [6.45, 7) is 0. The number of nitrogens with zero attached hydrogens (tertiary/aromatic N) is 1. The summed E-state index contributed by atoms with van der Waals surface area (Å²) in [6.07, 6.45) is 1.62. The fourth-order valence-electron chi connectivity index (χ4n) is 1.33. The third kappa shape index (κ3) is 2.25. The summed E-state index contributed by atoms with van der Waals surface area (Å²) in [5.41, 5.74) is 1.65. The van der Waals surface area contributed by atoms with E-state index in [0.29, 0.717) is 15.2 Å². The van der Waals surface area contributed by atoms with Crippen molar-refractivity contribution in [3.63, 3.8) is 0 Å². The van der Waals surface area contributed by atoms with Crippen LogP contribution in [0.3, 0.4) is 0 Å². The zero-order chi connectivity index (χ0) is 10.8. The van der Waals surface area contributed by atoms with Gasteiger partial charge in [-0.1, -0.05) is 40.9 Å². The van der Waals surface area contributed by atoms with E-state index >= 15 is 0 Å². The lowest BCUT2D eigenvalue weighted by molar-refractivity contribution is 1.33. The number of benzene rings is 1. The fourth-order valence-corrected chi connectivity index (χ4v) is 2.12. The quantitative estimate of drug-likeness (QED) is 0.675. The molecule has 0 radical (unpaired) electrons. The van der Waals surface area contributed by atoms with Gasteiger partial charge in [0.25, 0.3) is 0 Å². The van der Waals surface area contributed by atoms with E-state index in [-0.39, 0.29) is 0 Å². The molecule has 15 heavy (non-hydrogen) atoms. The number of rotatable bonds is 1. The summed E-state index contributed by atoms with van der Waals surface area (Å²) in [5.74, 6) is 0. The van der Waals surface area contributed by atoms with Crippen LogP contribution in [-0.4, -0.2) is 4.98 Å². The summed E-state index contributed by atoms with van der Waals surface area (Å²) < 4.78 is 0. The Morgan fingerprint density at radius 2 is 1.60 bits per heavy atom. The number of hydrogen-bond acceptors (Lipinski definition) is 1. The van der Waals surface area contributed by atoms with Crippen LogP contribution in [0, 0.1) is 0 Å². The second-order valence-corrected chi connectivity index (χ2v) is 4.17. The molecule has 2 rings (SSSR count). The van der Waals surface area contributed by atoms with E-state index in [9.17, 15) is 0 Å². The maximum absolute atomic E-state index is 6.07. The van der Waals surface area contributed by atoms with E-state index in [4.69, 9.17) is 34.8 Å². The van der Waals surface area contributed by atoms with Crippen molar-refractivity contribution in [3.8, 4) is 11.1 Å². The first kappa shape index (κ1) is 10.7. The van der Waals surface area contributed by atoms with Crippen molar-refractivity contribution in [1.82, 2.24) is 4.98 Å². The van der Waals surface area contributed by atoms with E-state index in [1.807, 2.05) is 6.07 Å². The molecule has 0 spiro atoms. The first-order valence-electron chi connectivity index (χ1n) is 4.24. The summed E-state index contributed by atoms with van der Waals surface area (Å²) >= 11 is 17.9. The van der Waals surface area contributed by atoms with Crippen LogP contribution in [0.5, 0.6) is 0 Å². The van der Waals surface area contributed by atoms with E-state index in [1.54, 1.807) is 30.5 Å². The SMILES string of the molecule is Clc1cc(-c2c(Cl)cccc2Cl)ccn1. The molecule has 0 saturated heterocycles. The van der Waals surface area contributed by atoms with Crippen LogP contribution in [0.25, 0.3) is 11.1 Å². The molecule has 0 unspecified atom stereocenters. The number of halogens is 3. The highest BCUT2D eigenvalue weighted by atomic mass is 35.5. The molecule has 0 aliphatic carbocycles. The molecule has 1 nitrogen and oxygen atoms in total. The van der Waals surface area contributed by atoms with Crippen LogP contribution in [0.15, 0.2) is 36.5 Å². The highest BCUT2D eigenvalue weighted by molar-refractivity contribution is 6.39. The molecule has 0 aliphatic heterocycles. The highest BCUT2D eigenvalue weighted by Crippen LogP contribution is 2.34. The Morgan fingerprint density at radius 1 is 0.933 bits per heavy atom. The van der Waals surface area contributed by atoms with Gasteiger partial charge in [0, 0.05) is 21.8 Å². The van der Waals surface area contributed by atoms with Crippen LogP contribution in [-0.2, 0) is 0 Å². The number of pyridine rings is 1. The van der Waals surface area contributed by atoms with Gasteiger partial charge < -0.3 is 0 Å². The van der Waals surface area contributed by atoms with E-state index in [0.717, 1.165) is 11.1 Å². The molecule has 0 amide bonds. The van der Waals surface area contributed by atoms with E-state index in [2.05, 4.69) is 4.98 Å². The van der Waals surface area contributed by atoms with Gasteiger partial charge in [-0.25, -0.2) is 4.98 Å². The zero-order valence-electron chi connectivity index (χ0n) is 7.55. The minimum absolute atomic E-state index is 0.420. The van der Waals surface area contributed by atoms with Gasteiger partial charge in [0.1, 0.15) is 5.15 Å². The Hall–Kier alpha value is -0.760.